The molecule has 0 aliphatic rings. The number of hydrogen-bond acceptors (Lipinski definition) is 2. The highest BCUT2D eigenvalue weighted by Crippen LogP contribution is 2.22. The standard InChI is InChI=1S/C19H16ClN3O/c20-16-7-4-8-17(13-16)22-19(24)23-18(14-5-2-1-3-6-14)15-9-11-21-12-10-15/h1-13,18H,(H2,22,23,24). The molecule has 0 saturated heterocycles. The number of hydrogen-bond donors (Lipinski definition) is 2. The molecule has 2 aromatic carbocycles. The van der Waals surface area contributed by atoms with E-state index in [-0.39, 0.29) is 12.1 Å². The summed E-state index contributed by atoms with van der Waals surface area (Å²) in [5.41, 5.74) is 2.59. The number of anilines is 1. The van der Waals surface area contributed by atoms with E-state index in [4.69, 9.17) is 11.6 Å². The van der Waals surface area contributed by atoms with Crippen molar-refractivity contribution >= 4 is 23.3 Å². The third kappa shape index (κ3) is 4.12. The fourth-order valence-electron chi connectivity index (χ4n) is 2.43. The predicted molar refractivity (Wildman–Crippen MR) is 96.1 cm³/mol. The van der Waals surface area contributed by atoms with Gasteiger partial charge in [0.25, 0.3) is 0 Å². The molecule has 0 radical (unpaired) electrons. The van der Waals surface area contributed by atoms with Crippen molar-refractivity contribution < 1.29 is 4.79 Å². The van der Waals surface area contributed by atoms with Crippen molar-refractivity contribution in [2.24, 2.45) is 0 Å². The molecule has 120 valence electrons. The highest BCUT2D eigenvalue weighted by atomic mass is 35.5. The van der Waals surface area contributed by atoms with Gasteiger partial charge in [0, 0.05) is 23.1 Å². The number of benzene rings is 2. The molecule has 0 spiro atoms. The molecule has 1 atom stereocenters. The Labute approximate surface area is 145 Å². The maximum absolute atomic E-state index is 12.4. The summed E-state index contributed by atoms with van der Waals surface area (Å²) in [4.78, 5) is 16.4. The van der Waals surface area contributed by atoms with E-state index >= 15 is 0 Å². The third-order valence-corrected chi connectivity index (χ3v) is 3.77. The molecule has 24 heavy (non-hydrogen) atoms. The maximum Gasteiger partial charge on any atom is 0.319 e. The largest absolute Gasteiger partial charge is 0.327 e. The Balaban J connectivity index is 1.80. The molecule has 0 fully saturated rings. The summed E-state index contributed by atoms with van der Waals surface area (Å²) in [7, 11) is 0. The van der Waals surface area contributed by atoms with Gasteiger partial charge in [-0.15, -0.1) is 0 Å². The summed E-state index contributed by atoms with van der Waals surface area (Å²) in [6.45, 7) is 0. The molecule has 2 N–H and O–H groups in total. The Bertz CT molecular complexity index is 770. The van der Waals surface area contributed by atoms with Gasteiger partial charge in [-0.25, -0.2) is 4.79 Å². The minimum Gasteiger partial charge on any atom is -0.327 e. The zero-order chi connectivity index (χ0) is 16.8. The quantitative estimate of drug-likeness (QED) is 0.728. The van der Waals surface area contributed by atoms with Gasteiger partial charge in [0.15, 0.2) is 0 Å². The molecule has 4 nitrogen and oxygen atoms in total. The summed E-state index contributed by atoms with van der Waals surface area (Å²) in [5.74, 6) is 0. The van der Waals surface area contributed by atoms with Crippen LogP contribution in [0.25, 0.3) is 0 Å². The van der Waals surface area contributed by atoms with Gasteiger partial charge in [0.05, 0.1) is 6.04 Å². The average Bonchev–Trinajstić information content (AvgIpc) is 2.61. The number of amides is 2. The van der Waals surface area contributed by atoms with Crippen LogP contribution < -0.4 is 10.6 Å². The van der Waals surface area contributed by atoms with Crippen LogP contribution >= 0.6 is 11.6 Å². The second-order valence-corrected chi connectivity index (χ2v) is 5.67. The average molecular weight is 338 g/mol. The Hall–Kier alpha value is -2.85. The van der Waals surface area contributed by atoms with Crippen LogP contribution in [0.5, 0.6) is 0 Å². The van der Waals surface area contributed by atoms with Crippen LogP contribution in [0.1, 0.15) is 17.2 Å². The second kappa shape index (κ2) is 7.62. The molecule has 5 heteroatoms. The maximum atomic E-state index is 12.4. The summed E-state index contributed by atoms with van der Waals surface area (Å²) in [6, 6.07) is 20.0. The molecule has 0 saturated carbocycles. The van der Waals surface area contributed by atoms with Crippen molar-refractivity contribution in [3.05, 3.63) is 95.3 Å². The fourth-order valence-corrected chi connectivity index (χ4v) is 2.62. The zero-order valence-corrected chi connectivity index (χ0v) is 13.6. The van der Waals surface area contributed by atoms with Crippen LogP contribution in [0.15, 0.2) is 79.1 Å². The Morgan fingerprint density at radius 2 is 1.62 bits per heavy atom. The van der Waals surface area contributed by atoms with Crippen molar-refractivity contribution in [1.82, 2.24) is 10.3 Å². The molecule has 1 aromatic heterocycles. The molecular formula is C19H16ClN3O. The van der Waals surface area contributed by atoms with Gasteiger partial charge in [0.1, 0.15) is 0 Å². The third-order valence-electron chi connectivity index (χ3n) is 3.53. The van der Waals surface area contributed by atoms with E-state index in [9.17, 15) is 4.79 Å². The monoisotopic (exact) mass is 337 g/mol. The van der Waals surface area contributed by atoms with E-state index in [1.165, 1.54) is 0 Å². The first-order valence-corrected chi connectivity index (χ1v) is 7.88. The smallest absolute Gasteiger partial charge is 0.319 e. The van der Waals surface area contributed by atoms with Gasteiger partial charge in [-0.2, -0.15) is 0 Å². The fraction of sp³-hybridized carbons (Fsp3) is 0.0526. The predicted octanol–water partition coefficient (Wildman–Crippen LogP) is 4.65. The summed E-state index contributed by atoms with van der Waals surface area (Å²) >= 11 is 5.95. The Morgan fingerprint density at radius 3 is 2.33 bits per heavy atom. The van der Waals surface area contributed by atoms with Crippen LogP contribution in [0.3, 0.4) is 0 Å². The lowest BCUT2D eigenvalue weighted by molar-refractivity contribution is 0.250. The molecule has 3 rings (SSSR count). The Morgan fingerprint density at radius 1 is 0.917 bits per heavy atom. The van der Waals surface area contributed by atoms with Crippen molar-refractivity contribution in [2.75, 3.05) is 5.32 Å². The minimum atomic E-state index is -0.303. The van der Waals surface area contributed by atoms with E-state index in [1.807, 2.05) is 42.5 Å². The van der Waals surface area contributed by atoms with Crippen molar-refractivity contribution in [1.29, 1.82) is 0 Å². The van der Waals surface area contributed by atoms with Gasteiger partial charge in [-0.1, -0.05) is 48.0 Å². The van der Waals surface area contributed by atoms with Crippen molar-refractivity contribution in [3.8, 4) is 0 Å². The molecule has 0 bridgehead atoms. The van der Waals surface area contributed by atoms with Gasteiger partial charge in [-0.3, -0.25) is 4.98 Å². The number of carbonyl (C=O) groups is 1. The first-order valence-electron chi connectivity index (χ1n) is 7.50. The van der Waals surface area contributed by atoms with Gasteiger partial charge < -0.3 is 10.6 Å². The first-order chi connectivity index (χ1) is 11.7. The van der Waals surface area contributed by atoms with Gasteiger partial charge >= 0.3 is 6.03 Å². The summed E-state index contributed by atoms with van der Waals surface area (Å²) in [5, 5.41) is 6.37. The number of aromatic nitrogens is 1. The number of nitrogens with one attached hydrogen (secondary N) is 2. The topological polar surface area (TPSA) is 54.0 Å². The normalized spacial score (nSPS) is 11.5. The number of carbonyl (C=O) groups excluding carboxylic acids is 1. The highest BCUT2D eigenvalue weighted by molar-refractivity contribution is 6.30. The SMILES string of the molecule is O=C(Nc1cccc(Cl)c1)NC(c1ccccc1)c1ccncc1. The van der Waals surface area contributed by atoms with Crippen molar-refractivity contribution in [2.45, 2.75) is 6.04 Å². The number of urea groups is 1. The van der Waals surface area contributed by atoms with Gasteiger partial charge in [0.2, 0.25) is 0 Å². The number of nitrogens with zero attached hydrogens (tertiary/aromatic N) is 1. The molecular weight excluding hydrogens is 322 g/mol. The van der Waals surface area contributed by atoms with E-state index < -0.39 is 0 Å². The molecule has 0 aliphatic heterocycles. The number of pyridine rings is 1. The van der Waals surface area contributed by atoms with E-state index in [2.05, 4.69) is 15.6 Å². The lowest BCUT2D eigenvalue weighted by atomic mass is 10.00. The van der Waals surface area contributed by atoms with Crippen LogP contribution in [0.2, 0.25) is 5.02 Å². The van der Waals surface area contributed by atoms with Crippen LogP contribution in [-0.4, -0.2) is 11.0 Å². The van der Waals surface area contributed by atoms with E-state index in [0.29, 0.717) is 10.7 Å². The molecule has 1 heterocycles. The zero-order valence-electron chi connectivity index (χ0n) is 12.8. The molecule has 0 aliphatic carbocycles. The second-order valence-electron chi connectivity index (χ2n) is 5.23. The first kappa shape index (κ1) is 16.0. The Kier molecular flexibility index (Phi) is 5.08. The van der Waals surface area contributed by atoms with Crippen molar-refractivity contribution in [3.63, 3.8) is 0 Å². The van der Waals surface area contributed by atoms with Crippen LogP contribution in [0.4, 0.5) is 10.5 Å². The highest BCUT2D eigenvalue weighted by Gasteiger charge is 2.16. The van der Waals surface area contributed by atoms with Gasteiger partial charge in [-0.05, 0) is 41.5 Å². The lowest BCUT2D eigenvalue weighted by Crippen LogP contribution is -2.33. The van der Waals surface area contributed by atoms with E-state index in [1.54, 1.807) is 36.7 Å². The molecule has 2 amide bonds. The summed E-state index contributed by atoms with van der Waals surface area (Å²) in [6.07, 6.45) is 3.42. The van der Waals surface area contributed by atoms with E-state index in [0.717, 1.165) is 11.1 Å². The van der Waals surface area contributed by atoms with Crippen LogP contribution in [-0.2, 0) is 0 Å². The molecule has 3 aromatic rings. The minimum absolute atomic E-state index is 0.270. The molecule has 1 unspecified atom stereocenters. The number of halogens is 1. The van der Waals surface area contributed by atoms with Crippen LogP contribution in [0, 0.1) is 0 Å². The lowest BCUT2D eigenvalue weighted by Gasteiger charge is -2.20. The summed E-state index contributed by atoms with van der Waals surface area (Å²) < 4.78 is 0. The number of rotatable bonds is 4.